The van der Waals surface area contributed by atoms with E-state index in [-0.39, 0.29) is 54.1 Å². The summed E-state index contributed by atoms with van der Waals surface area (Å²) in [6.45, 7) is 123. The molecule has 5 aliphatic rings. The van der Waals surface area contributed by atoms with Gasteiger partial charge in [0.1, 0.15) is 0 Å². The highest BCUT2D eigenvalue weighted by Gasteiger charge is 2.34. The molecule has 0 fully saturated rings. The molecule has 0 atom stereocenters. The van der Waals surface area contributed by atoms with Crippen LogP contribution < -0.4 is 0 Å². The van der Waals surface area contributed by atoms with Crippen molar-refractivity contribution in [2.24, 2.45) is 43.3 Å². The highest BCUT2D eigenvalue weighted by Crippen LogP contribution is 2.49. The summed E-state index contributed by atoms with van der Waals surface area (Å²) in [6, 6.07) is 44.9. The third kappa shape index (κ3) is 39.5. The summed E-state index contributed by atoms with van der Waals surface area (Å²) in [7, 11) is 0. The lowest BCUT2D eigenvalue weighted by Crippen LogP contribution is -2.18. The molecular formula is C125H200. The zero-order valence-corrected chi connectivity index (χ0v) is 92.7. The predicted molar refractivity (Wildman–Crippen MR) is 570 cm³/mol. The van der Waals surface area contributed by atoms with Crippen LogP contribution in [-0.4, -0.2) is 0 Å². The van der Waals surface area contributed by atoms with Crippen molar-refractivity contribution in [3.05, 3.63) is 281 Å². The van der Waals surface area contributed by atoms with E-state index in [1.165, 1.54) is 80.5 Å². The van der Waals surface area contributed by atoms with Crippen molar-refractivity contribution in [1.29, 1.82) is 0 Å². The van der Waals surface area contributed by atoms with Crippen LogP contribution >= 0.6 is 0 Å². The molecule has 0 spiro atoms. The number of hydrogen-bond donors (Lipinski definition) is 0. The van der Waals surface area contributed by atoms with Crippen LogP contribution in [0.4, 0.5) is 0 Å². The Hall–Kier alpha value is -6.24. The summed E-state index contributed by atoms with van der Waals surface area (Å²) in [5, 5.41) is 0. The molecule has 0 heteroatoms. The molecule has 0 heterocycles. The molecule has 0 saturated heterocycles. The Kier molecular flexibility index (Phi) is 38.9. The first-order chi connectivity index (χ1) is 55.4. The monoisotopic (exact) mass is 1700 g/mol. The van der Waals surface area contributed by atoms with Gasteiger partial charge >= 0.3 is 0 Å². The number of hydrogen-bond acceptors (Lipinski definition) is 0. The zero-order valence-electron chi connectivity index (χ0n) is 92.7. The van der Waals surface area contributed by atoms with Crippen LogP contribution in [0.15, 0.2) is 226 Å². The van der Waals surface area contributed by atoms with Gasteiger partial charge in [0.05, 0.1) is 0 Å². The third-order valence-corrected chi connectivity index (χ3v) is 24.9. The standard InChI is InChI=1S/C16H24.5C14H22.3C13H22/c1-15(2,3)13-7-11-9-14(16(4,5)6)10-12(11)8-13;3*1-13(2,3)11-7-9-12(10-8-11)14(4,5)6;2*1-13(2,3)11-8-7-9-12(10-11)14(4,5)6;2*1-12(2,3)10-7-8-11(9-10)13(4,5)6;1-12(2,3)10-8-7-9-11(10)13(4,5)6/h7,10H,8-9H2,1-6H3;5*7-10H,1-6H3;7,9H,8H2,1-6H3;7-8H,9H2,1-6H3;8-9H,7H2,1-6H3. The molecule has 0 bridgehead atoms. The van der Waals surface area contributed by atoms with Gasteiger partial charge < -0.3 is 0 Å². The van der Waals surface area contributed by atoms with Gasteiger partial charge in [0.2, 0.25) is 0 Å². The van der Waals surface area contributed by atoms with Crippen molar-refractivity contribution in [3.63, 3.8) is 0 Å². The predicted octanol–water partition coefficient (Wildman–Crippen LogP) is 39.4. The Morgan fingerprint density at radius 3 is 0.512 bits per heavy atom. The Morgan fingerprint density at radius 2 is 0.368 bits per heavy atom. The van der Waals surface area contributed by atoms with E-state index in [0.29, 0.717) is 43.3 Å². The minimum Gasteiger partial charge on any atom is -0.0767 e. The van der Waals surface area contributed by atoms with Gasteiger partial charge in [-0.1, -0.05) is 572 Å². The molecule has 125 heavy (non-hydrogen) atoms. The molecular weight excluding hydrogens is 1500 g/mol. The topological polar surface area (TPSA) is 0 Å². The maximum absolute atomic E-state index is 2.45. The van der Waals surface area contributed by atoms with E-state index in [0.717, 1.165) is 12.8 Å². The Labute approximate surface area is 779 Å². The smallest absolute Gasteiger partial charge is 0.00558 e. The molecule has 5 aromatic rings. The van der Waals surface area contributed by atoms with Crippen LogP contribution in [0.3, 0.4) is 0 Å². The third-order valence-electron chi connectivity index (χ3n) is 24.9. The van der Waals surface area contributed by atoms with Crippen LogP contribution in [0.1, 0.15) is 462 Å². The van der Waals surface area contributed by atoms with Crippen molar-refractivity contribution in [3.8, 4) is 0 Å². The molecule has 5 aromatic carbocycles. The van der Waals surface area contributed by atoms with Gasteiger partial charge in [-0.05, 0) is 213 Å². The molecule has 0 radical (unpaired) electrons. The lowest BCUT2D eigenvalue weighted by molar-refractivity contribution is 0.449. The molecule has 0 nitrogen and oxygen atoms in total. The van der Waals surface area contributed by atoms with Gasteiger partial charge in [-0.25, -0.2) is 0 Å². The minimum atomic E-state index is 0.251. The molecule has 0 aromatic heterocycles. The Balaban J connectivity index is 0.000000477. The van der Waals surface area contributed by atoms with Gasteiger partial charge in [0.25, 0.3) is 0 Å². The largest absolute Gasteiger partial charge is 0.0767 e. The Bertz CT molecular complexity index is 4030. The lowest BCUT2D eigenvalue weighted by atomic mass is 9.74. The molecule has 0 aliphatic heterocycles. The summed E-state index contributed by atoms with van der Waals surface area (Å²) < 4.78 is 0. The van der Waals surface area contributed by atoms with Gasteiger partial charge in [-0.3, -0.25) is 0 Å². The van der Waals surface area contributed by atoms with Crippen molar-refractivity contribution >= 4 is 0 Å². The molecule has 10 rings (SSSR count). The van der Waals surface area contributed by atoms with Gasteiger partial charge in [-0.15, -0.1) is 0 Å². The second-order valence-corrected chi connectivity index (χ2v) is 55.7. The quantitative estimate of drug-likeness (QED) is 0.145. The fourth-order valence-corrected chi connectivity index (χ4v) is 14.8. The van der Waals surface area contributed by atoms with E-state index in [4.69, 9.17) is 0 Å². The van der Waals surface area contributed by atoms with Crippen LogP contribution in [-0.2, 0) is 54.1 Å². The first-order valence-electron chi connectivity index (χ1n) is 48.3. The van der Waals surface area contributed by atoms with Crippen molar-refractivity contribution in [1.82, 2.24) is 0 Å². The second-order valence-electron chi connectivity index (χ2n) is 55.7. The van der Waals surface area contributed by atoms with Crippen LogP contribution in [0.5, 0.6) is 0 Å². The van der Waals surface area contributed by atoms with Crippen molar-refractivity contribution in [2.75, 3.05) is 0 Å². The second kappa shape index (κ2) is 42.3. The average molecular weight is 1700 g/mol. The summed E-state index contributed by atoms with van der Waals surface area (Å²) >= 11 is 0. The number of rotatable bonds is 0. The van der Waals surface area contributed by atoms with Gasteiger partial charge in [0, 0.05) is 0 Å². The highest BCUT2D eigenvalue weighted by atomic mass is 14.4. The van der Waals surface area contributed by atoms with E-state index in [2.05, 4.69) is 544 Å². The molecule has 0 unspecified atom stereocenters. The molecule has 0 N–H and O–H groups in total. The maximum Gasteiger partial charge on any atom is -0.00558 e. The molecule has 700 valence electrons. The van der Waals surface area contributed by atoms with E-state index >= 15 is 0 Å². The molecule has 5 aliphatic carbocycles. The van der Waals surface area contributed by atoms with E-state index in [1.807, 2.05) is 0 Å². The van der Waals surface area contributed by atoms with Gasteiger partial charge in [0.15, 0.2) is 0 Å². The lowest BCUT2D eigenvalue weighted by Gasteiger charge is -2.31. The SMILES string of the molecule is CC(C)(C)C1=CC2=C(C=C(C(C)(C)C)C2)C1.CC(C)(C)C1=CC=C(C(C)(C)C)C1.CC(C)(C)C1=CCC(C(C)(C)C)=C1.CC(C)(C)C1=CCC=C1C(C)(C)C.CC(C)(C)c1ccc(C(C)(C)C)cc1.CC(C)(C)c1ccc(C(C)(C)C)cc1.CC(C)(C)c1ccc(C(C)(C)C)cc1.CC(C)(C)c1cccc(C(C)(C)C)c1.CC(C)(C)c1cccc(C(C)(C)C)c1. The van der Waals surface area contributed by atoms with E-state index < -0.39 is 0 Å². The first-order valence-corrected chi connectivity index (χ1v) is 48.3. The van der Waals surface area contributed by atoms with Crippen LogP contribution in [0.25, 0.3) is 0 Å². The number of benzene rings is 5. The minimum absolute atomic E-state index is 0.251. The zero-order chi connectivity index (χ0) is 97.9. The normalized spacial score (nSPS) is 15.8. The summed E-state index contributed by atoms with van der Waals surface area (Å²) in [5.74, 6) is 0. The average Bonchev–Trinajstić information content (AvgIpc) is 1.63. The van der Waals surface area contributed by atoms with E-state index in [9.17, 15) is 0 Å². The van der Waals surface area contributed by atoms with Crippen molar-refractivity contribution in [2.45, 2.75) is 460 Å². The molecule has 0 amide bonds. The fraction of sp³-hybridized carbons (Fsp3) is 0.616. The Morgan fingerprint density at radius 1 is 0.168 bits per heavy atom. The van der Waals surface area contributed by atoms with Crippen molar-refractivity contribution < 1.29 is 0 Å². The first kappa shape index (κ1) is 115. The summed E-state index contributed by atoms with van der Waals surface area (Å²) in [5.41, 5.74) is 34.9. The van der Waals surface area contributed by atoms with Crippen LogP contribution in [0, 0.1) is 43.3 Å². The summed E-state index contributed by atoms with van der Waals surface area (Å²) in [6.07, 6.45) is 24.8. The highest BCUT2D eigenvalue weighted by molar-refractivity contribution is 5.54. The van der Waals surface area contributed by atoms with E-state index in [1.54, 1.807) is 50.2 Å². The fourth-order valence-electron chi connectivity index (χ4n) is 14.8. The van der Waals surface area contributed by atoms with Gasteiger partial charge in [-0.2, -0.15) is 0 Å². The number of allylic oxidation sites excluding steroid dienone is 18. The van der Waals surface area contributed by atoms with Crippen LogP contribution in [0.2, 0.25) is 0 Å². The summed E-state index contributed by atoms with van der Waals surface area (Å²) in [4.78, 5) is 0. The molecule has 0 saturated carbocycles. The maximum atomic E-state index is 2.45.